The Balaban J connectivity index is 1.32. The van der Waals surface area contributed by atoms with Crippen molar-refractivity contribution in [1.29, 1.82) is 0 Å². The topological polar surface area (TPSA) is 112 Å². The first-order chi connectivity index (χ1) is 16.5. The van der Waals surface area contributed by atoms with Crippen molar-refractivity contribution < 1.29 is 38.7 Å². The number of thioether (sulfide) groups is 4. The third-order valence-corrected chi connectivity index (χ3v) is 10.1. The van der Waals surface area contributed by atoms with Gasteiger partial charge < -0.3 is 29.2 Å². The van der Waals surface area contributed by atoms with Gasteiger partial charge in [0.25, 0.3) is 0 Å². The molecule has 190 valence electrons. The zero-order chi connectivity index (χ0) is 24.2. The van der Waals surface area contributed by atoms with E-state index in [0.717, 1.165) is 34.5 Å². The van der Waals surface area contributed by atoms with Gasteiger partial charge in [-0.15, -0.1) is 23.5 Å². The lowest BCUT2D eigenvalue weighted by Gasteiger charge is -2.20. The van der Waals surface area contributed by atoms with Gasteiger partial charge in [0.1, 0.15) is 60.6 Å². The standard InChI is InChI=1S/C22H30O8S4/c23-15(11-29-21(25)19-13-31-4-6-33-19)9-27-17-2-1-3-18(8-17)28-10-16(24)12-30-22(26)20-14-32-5-7-34-20/h1-3,8,15-16,19-20,23-24H,4-7,9-14H2. The highest BCUT2D eigenvalue weighted by Gasteiger charge is 2.25. The van der Waals surface area contributed by atoms with E-state index in [1.165, 1.54) is 0 Å². The lowest BCUT2D eigenvalue weighted by atomic mass is 10.3. The van der Waals surface area contributed by atoms with E-state index < -0.39 is 12.2 Å². The molecule has 0 amide bonds. The highest BCUT2D eigenvalue weighted by atomic mass is 32.2. The Hall–Kier alpha value is -0.920. The summed E-state index contributed by atoms with van der Waals surface area (Å²) in [6.45, 7) is -0.335. The molecule has 4 atom stereocenters. The van der Waals surface area contributed by atoms with Crippen LogP contribution in [-0.2, 0) is 19.1 Å². The summed E-state index contributed by atoms with van der Waals surface area (Å²) in [6, 6.07) is 6.77. The third-order valence-electron chi connectivity index (χ3n) is 4.68. The second kappa shape index (κ2) is 15.2. The van der Waals surface area contributed by atoms with Crippen molar-refractivity contribution in [2.75, 3.05) is 60.9 Å². The van der Waals surface area contributed by atoms with Crippen molar-refractivity contribution in [1.82, 2.24) is 0 Å². The molecule has 0 aliphatic carbocycles. The number of carbonyl (C=O) groups excluding carboxylic acids is 2. The zero-order valence-corrected chi connectivity index (χ0v) is 21.9. The molecule has 2 saturated heterocycles. The number of aliphatic hydroxyl groups is 2. The Bertz CT molecular complexity index is 712. The number of aliphatic hydroxyl groups excluding tert-OH is 2. The smallest absolute Gasteiger partial charge is 0.320 e. The van der Waals surface area contributed by atoms with Crippen LogP contribution in [0.25, 0.3) is 0 Å². The molecule has 0 aromatic heterocycles. The number of benzene rings is 1. The predicted molar refractivity (Wildman–Crippen MR) is 139 cm³/mol. The first-order valence-corrected chi connectivity index (χ1v) is 15.4. The Morgan fingerprint density at radius 3 is 1.68 bits per heavy atom. The molecule has 2 aliphatic heterocycles. The summed E-state index contributed by atoms with van der Waals surface area (Å²) in [5.74, 6) is 5.74. The average molecular weight is 551 g/mol. The summed E-state index contributed by atoms with van der Waals surface area (Å²) < 4.78 is 21.6. The highest BCUT2D eigenvalue weighted by Crippen LogP contribution is 2.26. The van der Waals surface area contributed by atoms with Crippen LogP contribution >= 0.6 is 47.0 Å². The fourth-order valence-corrected chi connectivity index (χ4v) is 8.00. The van der Waals surface area contributed by atoms with Crippen molar-refractivity contribution >= 4 is 59.0 Å². The summed E-state index contributed by atoms with van der Waals surface area (Å²) >= 11 is 6.63. The number of esters is 2. The summed E-state index contributed by atoms with van der Waals surface area (Å²) in [4.78, 5) is 24.1. The molecule has 1 aromatic carbocycles. The summed E-state index contributed by atoms with van der Waals surface area (Å²) in [5, 5.41) is 19.8. The molecule has 0 saturated carbocycles. The van der Waals surface area contributed by atoms with Crippen molar-refractivity contribution in [3.05, 3.63) is 24.3 Å². The van der Waals surface area contributed by atoms with Crippen LogP contribution < -0.4 is 9.47 Å². The van der Waals surface area contributed by atoms with E-state index in [1.54, 1.807) is 71.3 Å². The maximum atomic E-state index is 12.0. The lowest BCUT2D eigenvalue weighted by Crippen LogP contribution is -2.31. The summed E-state index contributed by atoms with van der Waals surface area (Å²) in [7, 11) is 0. The van der Waals surface area contributed by atoms with Gasteiger partial charge in [-0.1, -0.05) is 6.07 Å². The zero-order valence-electron chi connectivity index (χ0n) is 18.7. The Kier molecular flexibility index (Phi) is 12.4. The molecular formula is C22H30O8S4. The van der Waals surface area contributed by atoms with E-state index in [9.17, 15) is 19.8 Å². The largest absolute Gasteiger partial charge is 0.491 e. The van der Waals surface area contributed by atoms with Gasteiger partial charge in [0.2, 0.25) is 0 Å². The molecule has 8 nitrogen and oxygen atoms in total. The van der Waals surface area contributed by atoms with Crippen LogP contribution in [-0.4, -0.2) is 106 Å². The average Bonchev–Trinajstić information content (AvgIpc) is 2.89. The Morgan fingerprint density at radius 2 is 1.26 bits per heavy atom. The molecule has 12 heteroatoms. The van der Waals surface area contributed by atoms with Gasteiger partial charge in [-0.25, -0.2) is 0 Å². The lowest BCUT2D eigenvalue weighted by molar-refractivity contribution is -0.146. The highest BCUT2D eigenvalue weighted by molar-refractivity contribution is 8.07. The summed E-state index contributed by atoms with van der Waals surface area (Å²) in [6.07, 6.45) is -1.90. The molecule has 34 heavy (non-hydrogen) atoms. The van der Waals surface area contributed by atoms with E-state index in [2.05, 4.69) is 0 Å². The Labute approximate surface area is 216 Å². The monoisotopic (exact) mass is 550 g/mol. The number of ether oxygens (including phenoxy) is 4. The van der Waals surface area contributed by atoms with Gasteiger partial charge in [0.05, 0.1) is 0 Å². The minimum absolute atomic E-state index is 0.0423. The van der Waals surface area contributed by atoms with Gasteiger partial charge >= 0.3 is 11.9 Å². The third kappa shape index (κ3) is 9.98. The van der Waals surface area contributed by atoms with Gasteiger partial charge in [-0.05, 0) is 12.1 Å². The molecule has 0 radical (unpaired) electrons. The molecule has 0 bridgehead atoms. The molecule has 4 unspecified atom stereocenters. The van der Waals surface area contributed by atoms with E-state index in [0.29, 0.717) is 11.5 Å². The second-order valence-corrected chi connectivity index (χ2v) is 12.5. The predicted octanol–water partition coefficient (Wildman–Crippen LogP) is 1.95. The van der Waals surface area contributed by atoms with Crippen LogP contribution in [0.15, 0.2) is 24.3 Å². The first-order valence-electron chi connectivity index (χ1n) is 10.9. The van der Waals surface area contributed by atoms with E-state index >= 15 is 0 Å². The molecular weight excluding hydrogens is 521 g/mol. The van der Waals surface area contributed by atoms with E-state index in [4.69, 9.17) is 18.9 Å². The van der Waals surface area contributed by atoms with Crippen LogP contribution in [0.4, 0.5) is 0 Å². The fraction of sp³-hybridized carbons (Fsp3) is 0.636. The van der Waals surface area contributed by atoms with E-state index in [-0.39, 0.29) is 48.9 Å². The summed E-state index contributed by atoms with van der Waals surface area (Å²) in [5.41, 5.74) is 0. The van der Waals surface area contributed by atoms with Crippen molar-refractivity contribution in [2.24, 2.45) is 0 Å². The van der Waals surface area contributed by atoms with Crippen LogP contribution in [0.3, 0.4) is 0 Å². The van der Waals surface area contributed by atoms with Gasteiger partial charge in [0.15, 0.2) is 0 Å². The van der Waals surface area contributed by atoms with Crippen molar-refractivity contribution in [3.8, 4) is 11.5 Å². The molecule has 1 aromatic rings. The number of hydrogen-bond acceptors (Lipinski definition) is 12. The molecule has 2 N–H and O–H groups in total. The minimum atomic E-state index is -0.952. The molecule has 2 aliphatic rings. The molecule has 3 rings (SSSR count). The van der Waals surface area contributed by atoms with E-state index in [1.807, 2.05) is 0 Å². The van der Waals surface area contributed by atoms with Gasteiger partial charge in [0, 0.05) is 40.6 Å². The van der Waals surface area contributed by atoms with Crippen LogP contribution in [0.1, 0.15) is 0 Å². The van der Waals surface area contributed by atoms with Gasteiger partial charge in [-0.2, -0.15) is 23.5 Å². The van der Waals surface area contributed by atoms with Crippen molar-refractivity contribution in [3.63, 3.8) is 0 Å². The molecule has 0 spiro atoms. The SMILES string of the molecule is O=C(OCC(O)COc1cccc(OCC(O)COC(=O)C2CSCCS2)c1)C1CSCCS1. The van der Waals surface area contributed by atoms with Crippen LogP contribution in [0, 0.1) is 0 Å². The number of rotatable bonds is 12. The second-order valence-electron chi connectivity index (χ2n) is 7.53. The molecule has 2 heterocycles. The van der Waals surface area contributed by atoms with Crippen LogP contribution in [0.2, 0.25) is 0 Å². The number of carbonyl (C=O) groups is 2. The van der Waals surface area contributed by atoms with Crippen LogP contribution in [0.5, 0.6) is 11.5 Å². The molecule has 2 fully saturated rings. The maximum absolute atomic E-state index is 12.0. The minimum Gasteiger partial charge on any atom is -0.491 e. The fourth-order valence-electron chi connectivity index (χ4n) is 2.93. The first kappa shape index (κ1) is 27.7. The number of hydrogen-bond donors (Lipinski definition) is 2. The Morgan fingerprint density at radius 1 is 0.794 bits per heavy atom. The quantitative estimate of drug-likeness (QED) is 0.371. The normalized spacial score (nSPS) is 22.3. The maximum Gasteiger partial charge on any atom is 0.320 e. The van der Waals surface area contributed by atoms with Crippen molar-refractivity contribution in [2.45, 2.75) is 22.7 Å². The van der Waals surface area contributed by atoms with Gasteiger partial charge in [-0.3, -0.25) is 9.59 Å².